The van der Waals surface area contributed by atoms with E-state index in [0.717, 1.165) is 18.8 Å². The van der Waals surface area contributed by atoms with Gasteiger partial charge in [0, 0.05) is 10.9 Å². The number of aromatic nitrogens is 4. The Hall–Kier alpha value is -1.27. The van der Waals surface area contributed by atoms with Crippen LogP contribution in [0.3, 0.4) is 0 Å². The summed E-state index contributed by atoms with van der Waals surface area (Å²) < 4.78 is 2.00. The number of hydrogen-bond acceptors (Lipinski definition) is 5. The van der Waals surface area contributed by atoms with E-state index in [9.17, 15) is 0 Å². The standard InChI is InChI=1S/C13H19N5S/c1-9(2)14-8-13-15-16-17-18(13)11-4-3-5-12-10(11)6-7-19-12/h6-7,9,11,14H,3-5,8H2,1-2H3. The van der Waals surface area contributed by atoms with E-state index in [4.69, 9.17) is 0 Å². The first-order chi connectivity index (χ1) is 9.25. The number of fused-ring (bicyclic) bond motifs is 1. The van der Waals surface area contributed by atoms with Crippen LogP contribution >= 0.6 is 11.3 Å². The van der Waals surface area contributed by atoms with E-state index in [-0.39, 0.29) is 0 Å². The Balaban J connectivity index is 1.86. The summed E-state index contributed by atoms with van der Waals surface area (Å²) in [6.45, 7) is 4.98. The molecule has 102 valence electrons. The Morgan fingerprint density at radius 1 is 1.53 bits per heavy atom. The van der Waals surface area contributed by atoms with Crippen molar-refractivity contribution in [3.05, 3.63) is 27.7 Å². The van der Waals surface area contributed by atoms with Crippen LogP contribution in [0, 0.1) is 0 Å². The van der Waals surface area contributed by atoms with Crippen LogP contribution in [0.15, 0.2) is 11.4 Å². The van der Waals surface area contributed by atoms with Crippen molar-refractivity contribution in [2.45, 2.75) is 51.7 Å². The summed E-state index contributed by atoms with van der Waals surface area (Å²) in [6, 6.07) is 2.98. The lowest BCUT2D eigenvalue weighted by Gasteiger charge is -2.23. The number of thiophene rings is 1. The molecule has 1 aliphatic carbocycles. The highest BCUT2D eigenvalue weighted by molar-refractivity contribution is 7.10. The lowest BCUT2D eigenvalue weighted by molar-refractivity contribution is 0.421. The molecule has 2 heterocycles. The lowest BCUT2D eigenvalue weighted by Crippen LogP contribution is -2.26. The maximum atomic E-state index is 4.22. The predicted octanol–water partition coefficient (Wildman–Crippen LogP) is 2.16. The van der Waals surface area contributed by atoms with Gasteiger partial charge in [0.1, 0.15) is 0 Å². The van der Waals surface area contributed by atoms with Gasteiger partial charge in [0.2, 0.25) is 0 Å². The summed E-state index contributed by atoms with van der Waals surface area (Å²) in [5.41, 5.74) is 1.41. The van der Waals surface area contributed by atoms with Crippen LogP contribution < -0.4 is 5.32 Å². The molecule has 0 aliphatic heterocycles. The molecule has 3 rings (SSSR count). The molecule has 19 heavy (non-hydrogen) atoms. The van der Waals surface area contributed by atoms with Crippen molar-refractivity contribution in [1.29, 1.82) is 0 Å². The number of tetrazole rings is 1. The van der Waals surface area contributed by atoms with Gasteiger partial charge in [-0.3, -0.25) is 0 Å². The van der Waals surface area contributed by atoms with E-state index in [1.807, 2.05) is 16.0 Å². The van der Waals surface area contributed by atoms with Crippen molar-refractivity contribution in [3.63, 3.8) is 0 Å². The van der Waals surface area contributed by atoms with E-state index in [1.165, 1.54) is 23.3 Å². The van der Waals surface area contributed by atoms with Crippen LogP contribution in [0.2, 0.25) is 0 Å². The molecule has 0 saturated carbocycles. The minimum Gasteiger partial charge on any atom is -0.308 e. The summed E-state index contributed by atoms with van der Waals surface area (Å²) in [7, 11) is 0. The predicted molar refractivity (Wildman–Crippen MR) is 75.2 cm³/mol. The Kier molecular flexibility index (Phi) is 3.61. The molecule has 6 heteroatoms. The highest BCUT2D eigenvalue weighted by Gasteiger charge is 2.25. The molecule has 5 nitrogen and oxygen atoms in total. The first-order valence-electron chi connectivity index (χ1n) is 6.82. The smallest absolute Gasteiger partial charge is 0.165 e. The normalized spacial score (nSPS) is 18.8. The molecule has 0 amide bonds. The molecule has 0 aromatic carbocycles. The Bertz CT molecular complexity index is 545. The minimum absolute atomic E-state index is 0.314. The maximum absolute atomic E-state index is 4.22. The second kappa shape index (κ2) is 5.38. The maximum Gasteiger partial charge on any atom is 0.165 e. The summed E-state index contributed by atoms with van der Waals surface area (Å²) in [6.07, 6.45) is 3.55. The molecule has 0 bridgehead atoms. The van der Waals surface area contributed by atoms with Crippen molar-refractivity contribution in [1.82, 2.24) is 25.5 Å². The van der Waals surface area contributed by atoms with Crippen molar-refractivity contribution in [3.8, 4) is 0 Å². The van der Waals surface area contributed by atoms with Gasteiger partial charge in [0.15, 0.2) is 5.82 Å². The molecule has 0 saturated heterocycles. The summed E-state index contributed by atoms with van der Waals surface area (Å²) in [4.78, 5) is 1.49. The summed E-state index contributed by atoms with van der Waals surface area (Å²) in [5, 5.41) is 17.8. The molecule has 2 aromatic rings. The average molecular weight is 277 g/mol. The fraction of sp³-hybridized carbons (Fsp3) is 0.615. The van der Waals surface area contributed by atoms with Crippen molar-refractivity contribution in [2.75, 3.05) is 0 Å². The molecule has 1 aliphatic rings. The van der Waals surface area contributed by atoms with E-state index in [1.54, 1.807) is 0 Å². The molecular weight excluding hydrogens is 258 g/mol. The molecule has 1 N–H and O–H groups in total. The van der Waals surface area contributed by atoms with Gasteiger partial charge in [-0.2, -0.15) is 0 Å². The molecule has 0 fully saturated rings. The molecule has 0 radical (unpaired) electrons. The third-order valence-corrected chi connectivity index (χ3v) is 4.54. The third-order valence-electron chi connectivity index (χ3n) is 3.54. The number of nitrogens with zero attached hydrogens (tertiary/aromatic N) is 4. The summed E-state index contributed by atoms with van der Waals surface area (Å²) in [5.74, 6) is 0.928. The summed E-state index contributed by atoms with van der Waals surface area (Å²) >= 11 is 1.85. The van der Waals surface area contributed by atoms with Gasteiger partial charge < -0.3 is 5.32 Å². The molecule has 1 atom stereocenters. The Labute approximate surface area is 117 Å². The zero-order chi connectivity index (χ0) is 13.2. The molecule has 2 aromatic heterocycles. The van der Waals surface area contributed by atoms with Crippen molar-refractivity contribution < 1.29 is 0 Å². The minimum atomic E-state index is 0.314. The highest BCUT2D eigenvalue weighted by atomic mass is 32.1. The SMILES string of the molecule is CC(C)NCc1nnnn1C1CCCc2sccc21. The quantitative estimate of drug-likeness (QED) is 0.930. The third kappa shape index (κ3) is 2.55. The van der Waals surface area contributed by atoms with Crippen molar-refractivity contribution in [2.24, 2.45) is 0 Å². The van der Waals surface area contributed by atoms with Crippen LogP contribution in [-0.2, 0) is 13.0 Å². The monoisotopic (exact) mass is 277 g/mol. The first kappa shape index (κ1) is 12.7. The van der Waals surface area contributed by atoms with Gasteiger partial charge in [0.25, 0.3) is 0 Å². The van der Waals surface area contributed by atoms with Crippen molar-refractivity contribution >= 4 is 11.3 Å². The molecule has 1 unspecified atom stereocenters. The average Bonchev–Trinajstić information content (AvgIpc) is 3.04. The van der Waals surface area contributed by atoms with Crippen LogP contribution in [0.25, 0.3) is 0 Å². The number of aryl methyl sites for hydroxylation is 1. The van der Waals surface area contributed by atoms with Crippen LogP contribution in [0.4, 0.5) is 0 Å². The van der Waals surface area contributed by atoms with E-state index < -0.39 is 0 Å². The number of hydrogen-bond donors (Lipinski definition) is 1. The molecular formula is C13H19N5S. The van der Waals surface area contributed by atoms with Crippen LogP contribution in [0.5, 0.6) is 0 Å². The topological polar surface area (TPSA) is 55.6 Å². The second-order valence-corrected chi connectivity index (χ2v) is 6.28. The highest BCUT2D eigenvalue weighted by Crippen LogP contribution is 2.35. The number of nitrogens with one attached hydrogen (secondary N) is 1. The van der Waals surface area contributed by atoms with E-state index in [0.29, 0.717) is 12.1 Å². The Morgan fingerprint density at radius 3 is 3.26 bits per heavy atom. The lowest BCUT2D eigenvalue weighted by atomic mass is 9.94. The number of rotatable bonds is 4. The first-order valence-corrected chi connectivity index (χ1v) is 7.70. The van der Waals surface area contributed by atoms with Crippen LogP contribution in [0.1, 0.15) is 49.0 Å². The van der Waals surface area contributed by atoms with E-state index in [2.05, 4.69) is 46.1 Å². The second-order valence-electron chi connectivity index (χ2n) is 5.28. The van der Waals surface area contributed by atoms with Gasteiger partial charge in [-0.25, -0.2) is 4.68 Å². The largest absolute Gasteiger partial charge is 0.308 e. The fourth-order valence-electron chi connectivity index (χ4n) is 2.58. The van der Waals surface area contributed by atoms with Gasteiger partial charge in [-0.05, 0) is 46.7 Å². The van der Waals surface area contributed by atoms with Crippen LogP contribution in [-0.4, -0.2) is 26.2 Å². The van der Waals surface area contributed by atoms with Gasteiger partial charge in [0.05, 0.1) is 12.6 Å². The Morgan fingerprint density at radius 2 is 2.42 bits per heavy atom. The van der Waals surface area contributed by atoms with Gasteiger partial charge in [-0.15, -0.1) is 16.4 Å². The zero-order valence-electron chi connectivity index (χ0n) is 11.3. The fourth-order valence-corrected chi connectivity index (χ4v) is 3.56. The van der Waals surface area contributed by atoms with Gasteiger partial charge >= 0.3 is 0 Å². The zero-order valence-corrected chi connectivity index (χ0v) is 12.2. The van der Waals surface area contributed by atoms with E-state index >= 15 is 0 Å². The van der Waals surface area contributed by atoms with Gasteiger partial charge in [-0.1, -0.05) is 13.8 Å². The molecule has 0 spiro atoms.